The van der Waals surface area contributed by atoms with E-state index in [1.165, 1.54) is 14.2 Å². The Hall–Kier alpha value is -1.74. The van der Waals surface area contributed by atoms with E-state index in [-0.39, 0.29) is 37.9 Å². The molecule has 1 unspecified atom stereocenters. The summed E-state index contributed by atoms with van der Waals surface area (Å²) in [5.74, 6) is -7.90. The lowest BCUT2D eigenvalue weighted by atomic mass is 9.68. The number of allylic oxidation sites excluding steroid dienone is 2. The van der Waals surface area contributed by atoms with Crippen molar-refractivity contribution >= 4 is 0 Å². The van der Waals surface area contributed by atoms with Gasteiger partial charge in [0.15, 0.2) is 23.3 Å². The molecule has 0 saturated carbocycles. The minimum absolute atomic E-state index is 0.0176. The maximum atomic E-state index is 14.4. The maximum Gasteiger partial charge on any atom is 0.197 e. The molecule has 0 aromatic heterocycles. The number of ether oxygens (including phenoxy) is 4. The van der Waals surface area contributed by atoms with Crippen LogP contribution in [0, 0.1) is 23.3 Å². The van der Waals surface area contributed by atoms with Gasteiger partial charge in [-0.3, -0.25) is 0 Å². The highest BCUT2D eigenvalue weighted by molar-refractivity contribution is 5.58. The van der Waals surface area contributed by atoms with Gasteiger partial charge in [0.05, 0.1) is 13.2 Å². The van der Waals surface area contributed by atoms with Gasteiger partial charge in [0.1, 0.15) is 13.6 Å². The van der Waals surface area contributed by atoms with Crippen LogP contribution < -0.4 is 0 Å². The van der Waals surface area contributed by atoms with E-state index in [2.05, 4.69) is 0 Å². The van der Waals surface area contributed by atoms with Gasteiger partial charge in [0.25, 0.3) is 0 Å². The van der Waals surface area contributed by atoms with Gasteiger partial charge in [-0.2, -0.15) is 0 Å². The number of hydrogen-bond donors (Lipinski definition) is 0. The lowest BCUT2D eigenvalue weighted by molar-refractivity contribution is -0.0240. The molecule has 1 aromatic rings. The first-order valence-electron chi connectivity index (χ1n) is 7.91. The Kier molecular flexibility index (Phi) is 5.76. The standard InChI is InChI=1S/C18H18F4O4/c1-23-7-25-5-9-3-12-10(6-26-8-24-2)4-11(9)13-14(12)16(20)18(22)17(21)15(13)19/h3-4,11-12H,5-8H2,1-2H3/t11-,12?/m0/s1. The Labute approximate surface area is 148 Å². The fraction of sp³-hybridized carbons (Fsp3) is 0.444. The molecule has 2 bridgehead atoms. The average molecular weight is 374 g/mol. The Morgan fingerprint density at radius 1 is 0.692 bits per heavy atom. The van der Waals surface area contributed by atoms with E-state index in [9.17, 15) is 17.6 Å². The molecular formula is C18H18F4O4. The van der Waals surface area contributed by atoms with Gasteiger partial charge < -0.3 is 18.9 Å². The molecule has 0 heterocycles. The van der Waals surface area contributed by atoms with Crippen LogP contribution >= 0.6 is 0 Å². The van der Waals surface area contributed by atoms with E-state index in [4.69, 9.17) is 18.9 Å². The molecule has 0 radical (unpaired) electrons. The topological polar surface area (TPSA) is 36.9 Å². The lowest BCUT2D eigenvalue weighted by Gasteiger charge is -2.37. The Morgan fingerprint density at radius 3 is 1.42 bits per heavy atom. The molecule has 2 atom stereocenters. The van der Waals surface area contributed by atoms with Crippen LogP contribution in [-0.4, -0.2) is 41.0 Å². The van der Waals surface area contributed by atoms with Crippen LogP contribution in [0.2, 0.25) is 0 Å². The summed E-state index contributed by atoms with van der Waals surface area (Å²) in [5.41, 5.74) is 0.861. The van der Waals surface area contributed by atoms with E-state index >= 15 is 0 Å². The number of benzene rings is 1. The third-order valence-electron chi connectivity index (χ3n) is 4.46. The molecule has 3 aliphatic rings. The molecule has 0 amide bonds. The van der Waals surface area contributed by atoms with Gasteiger partial charge in [-0.25, -0.2) is 17.6 Å². The summed E-state index contributed by atoms with van der Waals surface area (Å²) in [6.45, 7) is 0.224. The quantitative estimate of drug-likeness (QED) is 0.174. The van der Waals surface area contributed by atoms with Gasteiger partial charge in [0, 0.05) is 37.2 Å². The zero-order chi connectivity index (χ0) is 18.8. The largest absolute Gasteiger partial charge is 0.359 e. The zero-order valence-electron chi connectivity index (χ0n) is 14.3. The summed E-state index contributed by atoms with van der Waals surface area (Å²) in [5, 5.41) is 0. The molecule has 142 valence electrons. The van der Waals surface area contributed by atoms with E-state index in [0.29, 0.717) is 11.1 Å². The first kappa shape index (κ1) is 19.0. The van der Waals surface area contributed by atoms with Crippen molar-refractivity contribution in [1.29, 1.82) is 0 Å². The van der Waals surface area contributed by atoms with Crippen molar-refractivity contribution in [3.05, 3.63) is 57.7 Å². The van der Waals surface area contributed by atoms with Crippen molar-refractivity contribution in [2.75, 3.05) is 41.0 Å². The summed E-state index contributed by atoms with van der Waals surface area (Å²) in [7, 11) is 2.91. The predicted octanol–water partition coefficient (Wildman–Crippen LogP) is 3.53. The second kappa shape index (κ2) is 7.87. The first-order chi connectivity index (χ1) is 12.5. The molecule has 0 aliphatic heterocycles. The Bertz CT molecular complexity index is 697. The van der Waals surface area contributed by atoms with Crippen LogP contribution in [0.5, 0.6) is 0 Å². The number of methoxy groups -OCH3 is 2. The third-order valence-corrected chi connectivity index (χ3v) is 4.46. The molecule has 4 nitrogen and oxygen atoms in total. The predicted molar refractivity (Wildman–Crippen MR) is 83.6 cm³/mol. The lowest BCUT2D eigenvalue weighted by Crippen LogP contribution is -2.28. The summed E-state index contributed by atoms with van der Waals surface area (Å²) in [4.78, 5) is 0. The van der Waals surface area contributed by atoms with Crippen molar-refractivity contribution in [2.45, 2.75) is 11.8 Å². The summed E-state index contributed by atoms with van der Waals surface area (Å²) < 4.78 is 76.6. The van der Waals surface area contributed by atoms with Crippen LogP contribution in [0.1, 0.15) is 23.0 Å². The molecular weight excluding hydrogens is 356 g/mol. The van der Waals surface area contributed by atoms with Crippen LogP contribution in [0.3, 0.4) is 0 Å². The fourth-order valence-electron chi connectivity index (χ4n) is 3.42. The van der Waals surface area contributed by atoms with Gasteiger partial charge in [-0.15, -0.1) is 0 Å². The van der Waals surface area contributed by atoms with Crippen molar-refractivity contribution in [2.24, 2.45) is 0 Å². The van der Waals surface area contributed by atoms with E-state index in [1.807, 2.05) is 0 Å². The highest BCUT2D eigenvalue weighted by Crippen LogP contribution is 2.50. The summed E-state index contributed by atoms with van der Waals surface area (Å²) >= 11 is 0. The highest BCUT2D eigenvalue weighted by Gasteiger charge is 2.41. The van der Waals surface area contributed by atoms with E-state index in [0.717, 1.165) is 0 Å². The molecule has 0 N–H and O–H groups in total. The molecule has 0 fully saturated rings. The van der Waals surface area contributed by atoms with Gasteiger partial charge in [-0.05, 0) is 11.1 Å². The summed E-state index contributed by atoms with van der Waals surface area (Å²) in [6.07, 6.45) is 3.35. The van der Waals surface area contributed by atoms with Crippen molar-refractivity contribution in [1.82, 2.24) is 0 Å². The third kappa shape index (κ3) is 3.18. The van der Waals surface area contributed by atoms with Crippen LogP contribution in [0.25, 0.3) is 0 Å². The van der Waals surface area contributed by atoms with Gasteiger partial charge in [-0.1, -0.05) is 12.2 Å². The number of rotatable bonds is 8. The molecule has 0 spiro atoms. The number of hydrogen-bond acceptors (Lipinski definition) is 4. The minimum Gasteiger partial charge on any atom is -0.359 e. The smallest absolute Gasteiger partial charge is 0.197 e. The second-order valence-corrected chi connectivity index (χ2v) is 6.03. The SMILES string of the molecule is COCOCC1=C[C@H]2C(COCOC)=CC1c1c(F)c(F)c(F)c(F)c12. The van der Waals surface area contributed by atoms with Gasteiger partial charge in [0.2, 0.25) is 0 Å². The Morgan fingerprint density at radius 2 is 1.08 bits per heavy atom. The average Bonchev–Trinajstić information content (AvgIpc) is 2.65. The second-order valence-electron chi connectivity index (χ2n) is 6.03. The first-order valence-corrected chi connectivity index (χ1v) is 7.91. The maximum absolute atomic E-state index is 14.4. The molecule has 4 rings (SSSR count). The molecule has 26 heavy (non-hydrogen) atoms. The van der Waals surface area contributed by atoms with Crippen molar-refractivity contribution in [3.63, 3.8) is 0 Å². The molecule has 8 heteroatoms. The fourth-order valence-corrected chi connectivity index (χ4v) is 3.42. The van der Waals surface area contributed by atoms with Crippen LogP contribution in [-0.2, 0) is 18.9 Å². The Balaban J connectivity index is 2.01. The molecule has 3 aliphatic carbocycles. The van der Waals surface area contributed by atoms with E-state index < -0.39 is 35.1 Å². The molecule has 0 saturated heterocycles. The minimum atomic E-state index is -1.81. The van der Waals surface area contributed by atoms with E-state index in [1.54, 1.807) is 12.2 Å². The monoisotopic (exact) mass is 374 g/mol. The van der Waals surface area contributed by atoms with Crippen LogP contribution in [0.15, 0.2) is 23.3 Å². The van der Waals surface area contributed by atoms with Crippen LogP contribution in [0.4, 0.5) is 17.6 Å². The highest BCUT2D eigenvalue weighted by atomic mass is 19.2. The summed E-state index contributed by atoms with van der Waals surface area (Å²) in [6, 6.07) is 0. The van der Waals surface area contributed by atoms with Crippen molar-refractivity contribution in [3.8, 4) is 0 Å². The van der Waals surface area contributed by atoms with Crippen molar-refractivity contribution < 1.29 is 36.5 Å². The number of halogens is 4. The zero-order valence-corrected chi connectivity index (χ0v) is 14.3. The normalized spacial score (nSPS) is 20.8. The van der Waals surface area contributed by atoms with Gasteiger partial charge >= 0.3 is 0 Å². The molecule has 1 aromatic carbocycles.